The molecule has 1 aliphatic heterocycles. The molecule has 134 valence electrons. The summed E-state index contributed by atoms with van der Waals surface area (Å²) in [4.78, 5) is 14.3. The monoisotopic (exact) mass is 343 g/mol. The fraction of sp³-hybridized carbons (Fsp3) is 0.611. The molecule has 0 aliphatic carbocycles. The maximum absolute atomic E-state index is 12.6. The summed E-state index contributed by atoms with van der Waals surface area (Å²) in [6, 6.07) is 4.75. The van der Waals surface area contributed by atoms with E-state index in [9.17, 15) is 23.1 Å². The number of hydrogen-bond donors (Lipinski definition) is 1. The molecule has 0 saturated carbocycles. The van der Waals surface area contributed by atoms with Gasteiger partial charge in [0.25, 0.3) is 0 Å². The molecule has 3 nitrogen and oxygen atoms in total. The average Bonchev–Trinajstić information content (AvgIpc) is 2.96. The topological polar surface area (TPSA) is 40.5 Å². The lowest BCUT2D eigenvalue weighted by Gasteiger charge is -2.34. The zero-order valence-corrected chi connectivity index (χ0v) is 14.2. The van der Waals surface area contributed by atoms with E-state index in [2.05, 4.69) is 0 Å². The van der Waals surface area contributed by atoms with Crippen molar-refractivity contribution in [2.75, 3.05) is 6.54 Å². The van der Waals surface area contributed by atoms with Crippen molar-refractivity contribution in [3.63, 3.8) is 0 Å². The van der Waals surface area contributed by atoms with Gasteiger partial charge in [-0.1, -0.05) is 19.1 Å². The molecule has 0 radical (unpaired) electrons. The molecule has 1 aliphatic rings. The Morgan fingerprint density at radius 1 is 1.29 bits per heavy atom. The Morgan fingerprint density at radius 2 is 1.88 bits per heavy atom. The molecule has 1 N–H and O–H groups in total. The maximum atomic E-state index is 12.6. The van der Waals surface area contributed by atoms with Gasteiger partial charge in [-0.15, -0.1) is 0 Å². The van der Waals surface area contributed by atoms with Crippen molar-refractivity contribution in [1.29, 1.82) is 0 Å². The van der Waals surface area contributed by atoms with Gasteiger partial charge in [0.1, 0.15) is 0 Å². The Balaban J connectivity index is 2.04. The number of nitrogens with zero attached hydrogens (tertiary/aromatic N) is 1. The van der Waals surface area contributed by atoms with Gasteiger partial charge in [-0.25, -0.2) is 0 Å². The first-order chi connectivity index (χ1) is 11.0. The summed E-state index contributed by atoms with van der Waals surface area (Å²) in [6.45, 7) is 5.84. The highest BCUT2D eigenvalue weighted by atomic mass is 19.4. The quantitative estimate of drug-likeness (QED) is 0.899. The number of benzene rings is 1. The van der Waals surface area contributed by atoms with Crippen molar-refractivity contribution in [3.8, 4) is 0 Å². The van der Waals surface area contributed by atoms with Crippen LogP contribution in [0.2, 0.25) is 0 Å². The second-order valence-corrected chi connectivity index (χ2v) is 7.12. The summed E-state index contributed by atoms with van der Waals surface area (Å²) < 4.78 is 37.8. The van der Waals surface area contributed by atoms with Crippen LogP contribution in [0.5, 0.6) is 0 Å². The summed E-state index contributed by atoms with van der Waals surface area (Å²) in [6.07, 6.45) is -2.51. The van der Waals surface area contributed by atoms with E-state index in [0.717, 1.165) is 25.0 Å². The predicted octanol–water partition coefficient (Wildman–Crippen LogP) is 3.96. The highest BCUT2D eigenvalue weighted by molar-refractivity contribution is 5.78. The zero-order valence-electron chi connectivity index (χ0n) is 14.2. The first-order valence-corrected chi connectivity index (χ1v) is 8.19. The standard InChI is InChI=1S/C18H24F3NO2/c1-12(13-6-8-14(9-7-13)18(19,20)21)11-16(23)22-10-4-5-15(22)17(2,3)24/h6-9,12,15,24H,4-5,10-11H2,1-3H3. The van der Waals surface area contributed by atoms with Gasteiger partial charge in [-0.3, -0.25) is 4.79 Å². The maximum Gasteiger partial charge on any atom is 0.416 e. The average molecular weight is 343 g/mol. The molecule has 6 heteroatoms. The molecular weight excluding hydrogens is 319 g/mol. The van der Waals surface area contributed by atoms with Crippen molar-refractivity contribution in [3.05, 3.63) is 35.4 Å². The number of likely N-dealkylation sites (tertiary alicyclic amines) is 1. The third kappa shape index (κ3) is 4.29. The molecule has 0 bridgehead atoms. The van der Waals surface area contributed by atoms with Crippen molar-refractivity contribution >= 4 is 5.91 Å². The van der Waals surface area contributed by atoms with Crippen LogP contribution in [-0.2, 0) is 11.0 Å². The van der Waals surface area contributed by atoms with Gasteiger partial charge in [0, 0.05) is 13.0 Å². The number of carbonyl (C=O) groups is 1. The fourth-order valence-electron chi connectivity index (χ4n) is 3.30. The highest BCUT2D eigenvalue weighted by Crippen LogP contribution is 2.32. The van der Waals surface area contributed by atoms with Crippen LogP contribution in [0.25, 0.3) is 0 Å². The van der Waals surface area contributed by atoms with Crippen LogP contribution in [0, 0.1) is 0 Å². The molecule has 1 fully saturated rings. The van der Waals surface area contributed by atoms with E-state index >= 15 is 0 Å². The van der Waals surface area contributed by atoms with Crippen LogP contribution >= 0.6 is 0 Å². The summed E-state index contributed by atoms with van der Waals surface area (Å²) in [7, 11) is 0. The molecule has 1 amide bonds. The van der Waals surface area contributed by atoms with Gasteiger partial charge in [0.15, 0.2) is 0 Å². The number of carbonyl (C=O) groups excluding carboxylic acids is 1. The van der Waals surface area contributed by atoms with Crippen molar-refractivity contribution in [2.24, 2.45) is 0 Å². The molecule has 24 heavy (non-hydrogen) atoms. The second kappa shape index (κ2) is 6.75. The minimum atomic E-state index is -4.35. The lowest BCUT2D eigenvalue weighted by molar-refractivity contribution is -0.138. The smallest absolute Gasteiger partial charge is 0.388 e. The van der Waals surface area contributed by atoms with Gasteiger partial charge in [0.05, 0.1) is 17.2 Å². The predicted molar refractivity (Wildman–Crippen MR) is 85.5 cm³/mol. The Morgan fingerprint density at radius 3 is 2.38 bits per heavy atom. The van der Waals surface area contributed by atoms with Gasteiger partial charge >= 0.3 is 6.18 Å². The number of alkyl halides is 3. The zero-order chi connectivity index (χ0) is 18.1. The molecule has 1 aromatic rings. The van der Waals surface area contributed by atoms with E-state index in [1.54, 1.807) is 18.7 Å². The highest BCUT2D eigenvalue weighted by Gasteiger charge is 2.38. The molecule has 1 heterocycles. The summed E-state index contributed by atoms with van der Waals surface area (Å²) >= 11 is 0. The van der Waals surface area contributed by atoms with Crippen LogP contribution in [0.15, 0.2) is 24.3 Å². The van der Waals surface area contributed by atoms with E-state index in [1.807, 2.05) is 6.92 Å². The normalized spacial score (nSPS) is 20.3. The minimum Gasteiger partial charge on any atom is -0.388 e. The number of aliphatic hydroxyl groups is 1. The molecule has 2 atom stereocenters. The number of hydrogen-bond acceptors (Lipinski definition) is 2. The Kier molecular flexibility index (Phi) is 5.28. The van der Waals surface area contributed by atoms with E-state index < -0.39 is 17.3 Å². The summed E-state index contributed by atoms with van der Waals surface area (Å²) in [5, 5.41) is 10.2. The molecule has 2 unspecified atom stereocenters. The second-order valence-electron chi connectivity index (χ2n) is 7.12. The van der Waals surface area contributed by atoms with E-state index in [1.165, 1.54) is 12.1 Å². The van der Waals surface area contributed by atoms with Crippen molar-refractivity contribution < 1.29 is 23.1 Å². The summed E-state index contributed by atoms with van der Waals surface area (Å²) in [5.41, 5.74) is -0.939. The lowest BCUT2D eigenvalue weighted by Crippen LogP contribution is -2.48. The van der Waals surface area contributed by atoms with Crippen molar-refractivity contribution in [1.82, 2.24) is 4.90 Å². The van der Waals surface area contributed by atoms with Gasteiger partial charge in [-0.05, 0) is 50.3 Å². The molecule has 0 aromatic heterocycles. The van der Waals surface area contributed by atoms with Crippen LogP contribution in [-0.4, -0.2) is 34.1 Å². The van der Waals surface area contributed by atoms with E-state index in [0.29, 0.717) is 12.1 Å². The molecule has 2 rings (SSSR count). The lowest BCUT2D eigenvalue weighted by atomic mass is 9.94. The number of rotatable bonds is 4. The Labute approximate surface area is 140 Å². The third-order valence-electron chi connectivity index (χ3n) is 4.68. The molecular formula is C18H24F3NO2. The van der Waals surface area contributed by atoms with Crippen LogP contribution in [0.3, 0.4) is 0 Å². The number of halogens is 3. The first-order valence-electron chi connectivity index (χ1n) is 8.19. The summed E-state index contributed by atoms with van der Waals surface area (Å²) in [5.74, 6) is -0.241. The SMILES string of the molecule is CC(CC(=O)N1CCCC1C(C)(C)O)c1ccc(C(F)(F)F)cc1. The van der Waals surface area contributed by atoms with Crippen LogP contribution in [0.4, 0.5) is 13.2 Å². The molecule has 0 spiro atoms. The van der Waals surface area contributed by atoms with Crippen LogP contribution in [0.1, 0.15) is 57.1 Å². The Hall–Kier alpha value is -1.56. The van der Waals surface area contributed by atoms with Crippen molar-refractivity contribution in [2.45, 2.75) is 63.8 Å². The number of amides is 1. The van der Waals surface area contributed by atoms with Gasteiger partial charge in [-0.2, -0.15) is 13.2 Å². The largest absolute Gasteiger partial charge is 0.416 e. The first kappa shape index (κ1) is 18.8. The van der Waals surface area contributed by atoms with Gasteiger partial charge in [0.2, 0.25) is 5.91 Å². The van der Waals surface area contributed by atoms with E-state index in [-0.39, 0.29) is 24.3 Å². The third-order valence-corrected chi connectivity index (χ3v) is 4.68. The molecule has 1 aromatic carbocycles. The Bertz CT molecular complexity index is 575. The van der Waals surface area contributed by atoms with Gasteiger partial charge < -0.3 is 10.0 Å². The van der Waals surface area contributed by atoms with Crippen LogP contribution < -0.4 is 0 Å². The van der Waals surface area contributed by atoms with E-state index in [4.69, 9.17) is 0 Å². The fourth-order valence-corrected chi connectivity index (χ4v) is 3.30. The molecule has 1 saturated heterocycles. The minimum absolute atomic E-state index is 0.0629.